The lowest BCUT2D eigenvalue weighted by molar-refractivity contribution is 0.590. The molecule has 2 aromatic rings. The van der Waals surface area contributed by atoms with Gasteiger partial charge >= 0.3 is 0 Å². The van der Waals surface area contributed by atoms with Gasteiger partial charge in [0.05, 0.1) is 0 Å². The quantitative estimate of drug-likeness (QED) is 0.695. The van der Waals surface area contributed by atoms with Crippen LogP contribution in [0.5, 0.6) is 0 Å². The van der Waals surface area contributed by atoms with Gasteiger partial charge in [-0.25, -0.2) is 0 Å². The lowest BCUT2D eigenvalue weighted by atomic mass is 9.81. The summed E-state index contributed by atoms with van der Waals surface area (Å²) in [4.78, 5) is 0. The highest BCUT2D eigenvalue weighted by Gasteiger charge is 2.21. The third-order valence-electron chi connectivity index (χ3n) is 4.92. The first-order chi connectivity index (χ1) is 11.3. The summed E-state index contributed by atoms with van der Waals surface area (Å²) >= 11 is 0. The van der Waals surface area contributed by atoms with Crippen LogP contribution in [0.1, 0.15) is 74.9 Å². The number of hydrogen-bond donors (Lipinski definition) is 2. The maximum atomic E-state index is 6.34. The van der Waals surface area contributed by atoms with Gasteiger partial charge < -0.3 is 11.5 Å². The van der Waals surface area contributed by atoms with Gasteiger partial charge in [-0.2, -0.15) is 0 Å². The molecule has 0 radical (unpaired) electrons. The Morgan fingerprint density at radius 3 is 1.24 bits per heavy atom. The predicted molar refractivity (Wildman–Crippen MR) is 111 cm³/mol. The van der Waals surface area contributed by atoms with Crippen LogP contribution in [0.3, 0.4) is 0 Å². The molecular formula is C23H34N2. The smallest absolute Gasteiger partial charge is 0.0381 e. The summed E-state index contributed by atoms with van der Waals surface area (Å²) in [6.45, 7) is 17.5. The average Bonchev–Trinajstić information content (AvgIpc) is 2.43. The lowest BCUT2D eigenvalue weighted by Gasteiger charge is -2.25. The predicted octanol–water partition coefficient (Wildman–Crippen LogP) is 5.65. The van der Waals surface area contributed by atoms with Crippen LogP contribution in [-0.4, -0.2) is 0 Å². The standard InChI is InChI=1S/C23H34N2/c1-14-9-16(12-18(20(14)24)22(3,4)5)11-17-10-15(2)21(25)19(13-17)23(6,7)8/h9-10,12-13H,11,24-25H2,1-8H3. The summed E-state index contributed by atoms with van der Waals surface area (Å²) in [5, 5.41) is 0. The molecule has 2 aromatic carbocycles. The number of anilines is 2. The van der Waals surface area contributed by atoms with Crippen molar-refractivity contribution in [3.63, 3.8) is 0 Å². The molecular weight excluding hydrogens is 304 g/mol. The molecule has 0 saturated carbocycles. The molecule has 0 amide bonds. The van der Waals surface area contributed by atoms with E-state index >= 15 is 0 Å². The molecule has 2 nitrogen and oxygen atoms in total. The van der Waals surface area contributed by atoms with Crippen LogP contribution >= 0.6 is 0 Å². The Morgan fingerprint density at radius 1 is 0.640 bits per heavy atom. The topological polar surface area (TPSA) is 52.0 Å². The lowest BCUT2D eigenvalue weighted by Crippen LogP contribution is -2.16. The van der Waals surface area contributed by atoms with Gasteiger partial charge in [-0.05, 0) is 64.5 Å². The second-order valence-corrected chi connectivity index (χ2v) is 9.42. The molecule has 2 heteroatoms. The van der Waals surface area contributed by atoms with Gasteiger partial charge in [-0.1, -0.05) is 65.8 Å². The molecule has 0 unspecified atom stereocenters. The van der Waals surface area contributed by atoms with Gasteiger partial charge in [0.25, 0.3) is 0 Å². The second-order valence-electron chi connectivity index (χ2n) is 9.42. The molecule has 0 heterocycles. The summed E-state index contributed by atoms with van der Waals surface area (Å²) in [7, 11) is 0. The fourth-order valence-corrected chi connectivity index (χ4v) is 3.43. The fourth-order valence-electron chi connectivity index (χ4n) is 3.43. The minimum absolute atomic E-state index is 0.0401. The molecule has 0 fully saturated rings. The van der Waals surface area contributed by atoms with Crippen LogP contribution in [0.25, 0.3) is 0 Å². The molecule has 0 bridgehead atoms. The summed E-state index contributed by atoms with van der Waals surface area (Å²) in [6.07, 6.45) is 0.897. The van der Waals surface area contributed by atoms with Gasteiger partial charge in [0, 0.05) is 11.4 Å². The van der Waals surface area contributed by atoms with E-state index in [2.05, 4.69) is 79.7 Å². The number of nitrogens with two attached hydrogens (primary N) is 2. The van der Waals surface area contributed by atoms with Gasteiger partial charge in [0.15, 0.2) is 0 Å². The Labute approximate surface area is 153 Å². The van der Waals surface area contributed by atoms with E-state index in [1.54, 1.807) is 0 Å². The number of hydrogen-bond acceptors (Lipinski definition) is 2. The van der Waals surface area contributed by atoms with E-state index < -0.39 is 0 Å². The van der Waals surface area contributed by atoms with E-state index in [1.807, 2.05) is 0 Å². The van der Waals surface area contributed by atoms with E-state index in [-0.39, 0.29) is 10.8 Å². The molecule has 0 aromatic heterocycles. The number of rotatable bonds is 2. The van der Waals surface area contributed by atoms with E-state index in [1.165, 1.54) is 22.3 Å². The second kappa shape index (κ2) is 6.40. The van der Waals surface area contributed by atoms with Crippen molar-refractivity contribution in [1.29, 1.82) is 0 Å². The molecule has 2 rings (SSSR count). The van der Waals surface area contributed by atoms with Crippen molar-refractivity contribution in [2.45, 2.75) is 72.6 Å². The van der Waals surface area contributed by atoms with Gasteiger partial charge in [-0.15, -0.1) is 0 Å². The largest absolute Gasteiger partial charge is 0.398 e. The number of nitrogen functional groups attached to an aromatic ring is 2. The molecule has 0 aliphatic rings. The van der Waals surface area contributed by atoms with Crippen LogP contribution in [0, 0.1) is 13.8 Å². The van der Waals surface area contributed by atoms with Crippen LogP contribution in [-0.2, 0) is 17.3 Å². The average molecular weight is 339 g/mol. The minimum atomic E-state index is 0.0401. The third-order valence-corrected chi connectivity index (χ3v) is 4.92. The summed E-state index contributed by atoms with van der Waals surface area (Å²) in [6, 6.07) is 8.97. The summed E-state index contributed by atoms with van der Waals surface area (Å²) in [5.41, 5.74) is 22.0. The number of aryl methyl sites for hydroxylation is 2. The molecule has 136 valence electrons. The zero-order valence-electron chi connectivity index (χ0n) is 17.2. The first kappa shape index (κ1) is 19.4. The van der Waals surface area contributed by atoms with Crippen molar-refractivity contribution in [2.24, 2.45) is 0 Å². The van der Waals surface area contributed by atoms with Crippen LogP contribution in [0.15, 0.2) is 24.3 Å². The van der Waals surface area contributed by atoms with Crippen molar-refractivity contribution in [3.8, 4) is 0 Å². The summed E-state index contributed by atoms with van der Waals surface area (Å²) < 4.78 is 0. The zero-order chi connectivity index (χ0) is 19.2. The van der Waals surface area contributed by atoms with Crippen molar-refractivity contribution in [1.82, 2.24) is 0 Å². The van der Waals surface area contributed by atoms with Crippen molar-refractivity contribution >= 4 is 11.4 Å². The van der Waals surface area contributed by atoms with E-state index in [4.69, 9.17) is 11.5 Å². The number of benzene rings is 2. The molecule has 25 heavy (non-hydrogen) atoms. The monoisotopic (exact) mass is 338 g/mol. The molecule has 0 saturated heterocycles. The first-order valence-corrected chi connectivity index (χ1v) is 9.09. The normalized spacial score (nSPS) is 12.5. The maximum Gasteiger partial charge on any atom is 0.0381 e. The van der Waals surface area contributed by atoms with Crippen molar-refractivity contribution < 1.29 is 0 Å². The Morgan fingerprint density at radius 2 is 0.960 bits per heavy atom. The van der Waals surface area contributed by atoms with Crippen LogP contribution < -0.4 is 11.5 Å². The van der Waals surface area contributed by atoms with E-state index in [9.17, 15) is 0 Å². The van der Waals surface area contributed by atoms with Crippen LogP contribution in [0.4, 0.5) is 11.4 Å². The molecule has 0 aliphatic carbocycles. The van der Waals surface area contributed by atoms with Gasteiger partial charge in [0.1, 0.15) is 0 Å². The Hall–Kier alpha value is -1.96. The fraction of sp³-hybridized carbons (Fsp3) is 0.478. The minimum Gasteiger partial charge on any atom is -0.398 e. The molecule has 0 spiro atoms. The summed E-state index contributed by atoms with van der Waals surface area (Å²) in [5.74, 6) is 0. The molecule has 0 aliphatic heterocycles. The SMILES string of the molecule is Cc1cc(Cc2cc(C)c(N)c(C(C)(C)C)c2)cc(C(C)(C)C)c1N. The molecule has 4 N–H and O–H groups in total. The highest BCUT2D eigenvalue weighted by molar-refractivity contribution is 5.60. The van der Waals surface area contributed by atoms with Crippen LogP contribution in [0.2, 0.25) is 0 Å². The Kier molecular flexibility index (Phi) is 4.96. The Bertz CT molecular complexity index is 720. The maximum absolute atomic E-state index is 6.34. The van der Waals surface area contributed by atoms with Crippen molar-refractivity contribution in [3.05, 3.63) is 57.6 Å². The van der Waals surface area contributed by atoms with Gasteiger partial charge in [-0.3, -0.25) is 0 Å². The third kappa shape index (κ3) is 4.18. The highest BCUT2D eigenvalue weighted by Crippen LogP contribution is 2.34. The van der Waals surface area contributed by atoms with E-state index in [0.717, 1.165) is 28.9 Å². The van der Waals surface area contributed by atoms with Gasteiger partial charge in [0.2, 0.25) is 0 Å². The van der Waals surface area contributed by atoms with E-state index in [0.29, 0.717) is 0 Å². The molecule has 0 atom stereocenters. The van der Waals surface area contributed by atoms with Crippen molar-refractivity contribution in [2.75, 3.05) is 11.5 Å². The Balaban J connectivity index is 2.51. The zero-order valence-corrected chi connectivity index (χ0v) is 17.2. The first-order valence-electron chi connectivity index (χ1n) is 9.09. The highest BCUT2D eigenvalue weighted by atomic mass is 14.6.